The lowest BCUT2D eigenvalue weighted by molar-refractivity contribution is -0.0169. The van der Waals surface area contributed by atoms with Crippen molar-refractivity contribution in [2.75, 3.05) is 59.5 Å². The molecule has 1 atom stereocenters. The van der Waals surface area contributed by atoms with Crippen LogP contribution in [0.4, 0.5) is 0 Å². The van der Waals surface area contributed by atoms with Crippen molar-refractivity contribution in [1.29, 1.82) is 0 Å². The highest BCUT2D eigenvalue weighted by Gasteiger charge is 2.13. The van der Waals surface area contributed by atoms with Crippen LogP contribution in [0.1, 0.15) is 27.2 Å². The molecule has 0 amide bonds. The zero-order valence-electron chi connectivity index (χ0n) is 13.3. The first-order valence-electron chi connectivity index (χ1n) is 7.64. The lowest BCUT2D eigenvalue weighted by Crippen LogP contribution is -2.24. The molecule has 0 bridgehead atoms. The predicted octanol–water partition coefficient (Wildman–Crippen LogP) is 1.73. The molecule has 0 saturated carbocycles. The Kier molecular flexibility index (Phi) is 15.0. The third kappa shape index (κ3) is 12.8. The van der Waals surface area contributed by atoms with Gasteiger partial charge in [-0.15, -0.1) is 0 Å². The SMILES string of the molecule is CCCOCCOCC(COCCOCCO)C(C)C. The first-order valence-corrected chi connectivity index (χ1v) is 7.64. The molecule has 1 unspecified atom stereocenters. The zero-order valence-corrected chi connectivity index (χ0v) is 13.3. The summed E-state index contributed by atoms with van der Waals surface area (Å²) < 4.78 is 21.7. The van der Waals surface area contributed by atoms with Gasteiger partial charge in [-0.05, 0) is 12.3 Å². The van der Waals surface area contributed by atoms with Crippen LogP contribution in [0, 0.1) is 11.8 Å². The quantitative estimate of drug-likeness (QED) is 0.466. The minimum atomic E-state index is 0.0581. The molecule has 0 aromatic heterocycles. The van der Waals surface area contributed by atoms with E-state index in [2.05, 4.69) is 20.8 Å². The Balaban J connectivity index is 3.51. The van der Waals surface area contributed by atoms with Gasteiger partial charge in [0.15, 0.2) is 0 Å². The molecule has 20 heavy (non-hydrogen) atoms. The van der Waals surface area contributed by atoms with Crippen molar-refractivity contribution >= 4 is 0 Å². The van der Waals surface area contributed by atoms with Crippen LogP contribution in [-0.2, 0) is 18.9 Å². The van der Waals surface area contributed by atoms with Gasteiger partial charge in [0.1, 0.15) is 0 Å². The first kappa shape index (κ1) is 19.8. The molecule has 0 fully saturated rings. The number of ether oxygens (including phenoxy) is 4. The molecule has 0 aliphatic rings. The van der Waals surface area contributed by atoms with E-state index in [4.69, 9.17) is 24.1 Å². The Morgan fingerprint density at radius 1 is 0.750 bits per heavy atom. The molecule has 0 rings (SSSR count). The van der Waals surface area contributed by atoms with Gasteiger partial charge in [-0.1, -0.05) is 20.8 Å². The number of hydrogen-bond donors (Lipinski definition) is 1. The van der Waals surface area contributed by atoms with E-state index in [9.17, 15) is 0 Å². The highest BCUT2D eigenvalue weighted by Crippen LogP contribution is 2.11. The minimum Gasteiger partial charge on any atom is -0.394 e. The van der Waals surface area contributed by atoms with Crippen molar-refractivity contribution in [3.63, 3.8) is 0 Å². The summed E-state index contributed by atoms with van der Waals surface area (Å²) in [5.41, 5.74) is 0. The summed E-state index contributed by atoms with van der Waals surface area (Å²) in [7, 11) is 0. The Labute approximate surface area is 123 Å². The maximum Gasteiger partial charge on any atom is 0.0701 e. The normalized spacial score (nSPS) is 13.1. The molecule has 0 saturated heterocycles. The molecule has 5 heteroatoms. The lowest BCUT2D eigenvalue weighted by Gasteiger charge is -2.21. The molecule has 0 spiro atoms. The van der Waals surface area contributed by atoms with Crippen LogP contribution in [0.2, 0.25) is 0 Å². The molecule has 1 N–H and O–H groups in total. The Morgan fingerprint density at radius 2 is 1.25 bits per heavy atom. The van der Waals surface area contributed by atoms with E-state index in [1.165, 1.54) is 0 Å². The number of rotatable bonds is 15. The Bertz CT molecular complexity index is 171. The van der Waals surface area contributed by atoms with Crippen molar-refractivity contribution in [2.24, 2.45) is 11.8 Å². The molecule has 0 heterocycles. The number of hydrogen-bond acceptors (Lipinski definition) is 5. The Morgan fingerprint density at radius 3 is 1.70 bits per heavy atom. The summed E-state index contributed by atoms with van der Waals surface area (Å²) in [5, 5.41) is 8.57. The van der Waals surface area contributed by atoms with Gasteiger partial charge in [-0.3, -0.25) is 0 Å². The van der Waals surface area contributed by atoms with E-state index < -0.39 is 0 Å². The molecule has 5 nitrogen and oxygen atoms in total. The second-order valence-electron chi connectivity index (χ2n) is 5.10. The van der Waals surface area contributed by atoms with Gasteiger partial charge >= 0.3 is 0 Å². The molecule has 0 aliphatic heterocycles. The van der Waals surface area contributed by atoms with E-state index in [1.807, 2.05) is 0 Å². The lowest BCUT2D eigenvalue weighted by atomic mass is 9.98. The van der Waals surface area contributed by atoms with Gasteiger partial charge in [0, 0.05) is 12.5 Å². The van der Waals surface area contributed by atoms with Gasteiger partial charge in [0.25, 0.3) is 0 Å². The van der Waals surface area contributed by atoms with Crippen LogP contribution < -0.4 is 0 Å². The van der Waals surface area contributed by atoms with Crippen LogP contribution in [-0.4, -0.2) is 64.6 Å². The third-order valence-electron chi connectivity index (χ3n) is 2.93. The van der Waals surface area contributed by atoms with Gasteiger partial charge in [-0.25, -0.2) is 0 Å². The maximum atomic E-state index is 8.57. The van der Waals surface area contributed by atoms with Crippen molar-refractivity contribution < 1.29 is 24.1 Å². The van der Waals surface area contributed by atoms with E-state index in [0.717, 1.165) is 13.0 Å². The Hall–Kier alpha value is -0.200. The molecular formula is C15H32O5. The summed E-state index contributed by atoms with van der Waals surface area (Å²) in [6.07, 6.45) is 1.04. The predicted molar refractivity (Wildman–Crippen MR) is 79.0 cm³/mol. The van der Waals surface area contributed by atoms with E-state index in [-0.39, 0.29) is 6.61 Å². The highest BCUT2D eigenvalue weighted by atomic mass is 16.5. The minimum absolute atomic E-state index is 0.0581. The van der Waals surface area contributed by atoms with E-state index in [1.54, 1.807) is 0 Å². The average molecular weight is 292 g/mol. The standard InChI is InChI=1S/C15H32O5/c1-4-6-17-8-10-19-12-15(14(2)3)13-20-11-9-18-7-5-16/h14-16H,4-13H2,1-3H3. The van der Waals surface area contributed by atoms with E-state index >= 15 is 0 Å². The molecule has 0 aromatic rings. The largest absolute Gasteiger partial charge is 0.394 e. The van der Waals surface area contributed by atoms with Crippen LogP contribution in [0.25, 0.3) is 0 Å². The van der Waals surface area contributed by atoms with Crippen LogP contribution in [0.5, 0.6) is 0 Å². The zero-order chi connectivity index (χ0) is 15.1. The van der Waals surface area contributed by atoms with Crippen LogP contribution in [0.3, 0.4) is 0 Å². The number of aliphatic hydroxyl groups is 1. The van der Waals surface area contributed by atoms with Gasteiger partial charge in [-0.2, -0.15) is 0 Å². The fraction of sp³-hybridized carbons (Fsp3) is 1.00. The van der Waals surface area contributed by atoms with Crippen molar-refractivity contribution in [2.45, 2.75) is 27.2 Å². The van der Waals surface area contributed by atoms with Crippen molar-refractivity contribution in [3.8, 4) is 0 Å². The summed E-state index contributed by atoms with van der Waals surface area (Å²) in [6.45, 7) is 11.4. The molecule has 0 radical (unpaired) electrons. The number of aliphatic hydroxyl groups excluding tert-OH is 1. The second-order valence-corrected chi connectivity index (χ2v) is 5.10. The second kappa shape index (κ2) is 15.2. The van der Waals surface area contributed by atoms with Gasteiger partial charge in [0.2, 0.25) is 0 Å². The summed E-state index contributed by atoms with van der Waals surface area (Å²) in [6, 6.07) is 0. The average Bonchev–Trinajstić information content (AvgIpc) is 2.43. The molecular weight excluding hydrogens is 260 g/mol. The maximum absolute atomic E-state index is 8.57. The van der Waals surface area contributed by atoms with E-state index in [0.29, 0.717) is 58.1 Å². The summed E-state index contributed by atoms with van der Waals surface area (Å²) in [5.74, 6) is 0.906. The van der Waals surface area contributed by atoms with Gasteiger partial charge in [0.05, 0.1) is 52.9 Å². The highest BCUT2D eigenvalue weighted by molar-refractivity contribution is 4.61. The molecule has 122 valence electrons. The van der Waals surface area contributed by atoms with Crippen molar-refractivity contribution in [3.05, 3.63) is 0 Å². The van der Waals surface area contributed by atoms with Crippen LogP contribution >= 0.6 is 0 Å². The monoisotopic (exact) mass is 292 g/mol. The summed E-state index contributed by atoms with van der Waals surface area (Å²) >= 11 is 0. The topological polar surface area (TPSA) is 57.2 Å². The molecule has 0 aromatic carbocycles. The summed E-state index contributed by atoms with van der Waals surface area (Å²) in [4.78, 5) is 0. The van der Waals surface area contributed by atoms with Crippen molar-refractivity contribution in [1.82, 2.24) is 0 Å². The smallest absolute Gasteiger partial charge is 0.0701 e. The fourth-order valence-corrected chi connectivity index (χ4v) is 1.55. The van der Waals surface area contributed by atoms with Gasteiger partial charge < -0.3 is 24.1 Å². The third-order valence-corrected chi connectivity index (χ3v) is 2.93. The first-order chi connectivity index (χ1) is 9.72. The van der Waals surface area contributed by atoms with Crippen LogP contribution in [0.15, 0.2) is 0 Å². The fourth-order valence-electron chi connectivity index (χ4n) is 1.55. The molecule has 0 aliphatic carbocycles.